The average Bonchev–Trinajstić information content (AvgIpc) is 2.05. The van der Waals surface area contributed by atoms with E-state index in [0.29, 0.717) is 6.23 Å². The third-order valence-corrected chi connectivity index (χ3v) is 4.58. The highest BCUT2D eigenvalue weighted by Crippen LogP contribution is 2.04. The second kappa shape index (κ2) is 8.10. The quantitative estimate of drug-likeness (QED) is 0.477. The highest BCUT2D eigenvalue weighted by Gasteiger charge is 2.09. The van der Waals surface area contributed by atoms with Crippen molar-refractivity contribution in [1.29, 1.82) is 0 Å². The number of nitrogens with zero attached hydrogens (tertiary/aromatic N) is 1. The lowest BCUT2D eigenvalue weighted by Gasteiger charge is -2.14. The predicted molar refractivity (Wildman–Crippen MR) is 59.5 cm³/mol. The smallest absolute Gasteiger partial charge is 0.0815 e. The summed E-state index contributed by atoms with van der Waals surface area (Å²) in [4.78, 5) is 2.18. The zero-order valence-electron chi connectivity index (χ0n) is 8.08. The molecule has 0 aromatic rings. The number of rotatable bonds is 7. The van der Waals surface area contributed by atoms with E-state index in [1.165, 1.54) is 12.1 Å². The Morgan fingerprint density at radius 2 is 2.00 bits per heavy atom. The Morgan fingerprint density at radius 1 is 1.33 bits per heavy atom. The number of hydrogen-bond donors (Lipinski definition) is 2. The minimum Gasteiger partial charge on any atom is -0.400 e. The number of aliphatic hydroxyl groups excluding tert-OH is 1. The van der Waals surface area contributed by atoms with E-state index in [1.54, 1.807) is 0 Å². The monoisotopic (exact) mass is 206 g/mol. The van der Waals surface area contributed by atoms with Crippen molar-refractivity contribution in [2.24, 2.45) is 0 Å². The maximum atomic E-state index is 9.07. The lowest BCUT2D eigenvalue weighted by Crippen LogP contribution is -2.25. The van der Waals surface area contributed by atoms with Gasteiger partial charge in [-0.2, -0.15) is 12.6 Å². The van der Waals surface area contributed by atoms with Crippen LogP contribution in [0.4, 0.5) is 0 Å². The molecule has 0 aromatic carbocycles. The maximum Gasteiger partial charge on any atom is 0.0815 e. The van der Waals surface area contributed by atoms with E-state index in [2.05, 4.69) is 31.6 Å². The van der Waals surface area contributed by atoms with Gasteiger partial charge in [-0.25, -0.2) is 0 Å². The zero-order chi connectivity index (χ0) is 9.40. The van der Waals surface area contributed by atoms with Gasteiger partial charge < -0.3 is 10.0 Å². The summed E-state index contributed by atoms with van der Waals surface area (Å²) < 4.78 is 0. The van der Waals surface area contributed by atoms with Crippen LogP contribution in [0.1, 0.15) is 6.42 Å². The van der Waals surface area contributed by atoms with Gasteiger partial charge in [-0.3, -0.25) is 0 Å². The van der Waals surface area contributed by atoms with Crippen molar-refractivity contribution in [3.63, 3.8) is 0 Å². The van der Waals surface area contributed by atoms with Crippen LogP contribution in [0.5, 0.6) is 0 Å². The van der Waals surface area contributed by atoms with Crippen LogP contribution < -0.4 is 0 Å². The molecule has 12 heavy (non-hydrogen) atoms. The van der Waals surface area contributed by atoms with Crippen LogP contribution in [0.25, 0.3) is 0 Å². The van der Waals surface area contributed by atoms with E-state index in [-0.39, 0.29) is 0 Å². The largest absolute Gasteiger partial charge is 0.400 e. The van der Waals surface area contributed by atoms with Gasteiger partial charge in [-0.1, -0.05) is 6.04 Å². The first kappa shape index (κ1) is 12.5. The molecule has 0 atom stereocenters. The van der Waals surface area contributed by atoms with Crippen LogP contribution in [-0.4, -0.2) is 51.4 Å². The summed E-state index contributed by atoms with van der Waals surface area (Å²) in [6.07, 6.45) is 1.58. The number of thiol groups is 1. The summed E-state index contributed by atoms with van der Waals surface area (Å²) in [7, 11) is 3.68. The van der Waals surface area contributed by atoms with Crippen LogP contribution in [-0.2, 0) is 0 Å². The normalized spacial score (nSPS) is 11.5. The van der Waals surface area contributed by atoms with Crippen LogP contribution in [0, 0.1) is 0 Å². The van der Waals surface area contributed by atoms with Crippen LogP contribution in [0.2, 0.25) is 12.1 Å². The summed E-state index contributed by atoms with van der Waals surface area (Å²) in [6, 6.07) is 2.40. The third kappa shape index (κ3) is 7.15. The lowest BCUT2D eigenvalue weighted by atomic mass is 10.6. The Kier molecular flexibility index (Phi) is 8.43. The van der Waals surface area contributed by atoms with E-state index in [0.717, 1.165) is 18.7 Å². The summed E-state index contributed by atoms with van der Waals surface area (Å²) in [6.45, 7) is 1.11. The highest BCUT2D eigenvalue weighted by atomic mass is 32.1. The maximum absolute atomic E-state index is 9.07. The molecule has 2 nitrogen and oxygen atoms in total. The van der Waals surface area contributed by atoms with E-state index < -0.39 is 8.80 Å². The van der Waals surface area contributed by atoms with E-state index in [9.17, 15) is 0 Å². The molecule has 0 aliphatic carbocycles. The fourth-order valence-electron chi connectivity index (χ4n) is 0.994. The van der Waals surface area contributed by atoms with E-state index >= 15 is 0 Å². The molecular weight excluding hydrogens is 186 g/mol. The Bertz CT molecular complexity index is 103. The molecule has 0 spiro atoms. The van der Waals surface area contributed by atoms with Gasteiger partial charge >= 0.3 is 0 Å². The molecule has 0 saturated heterocycles. The standard InChI is InChI=1S/C8H20NOSSi/c1-9(2)4-7-12(8-10)6-3-5-11/h10-11H,3-8H2,1-2H3. The van der Waals surface area contributed by atoms with E-state index in [4.69, 9.17) is 5.11 Å². The molecule has 0 amide bonds. The fraction of sp³-hybridized carbons (Fsp3) is 1.00. The molecule has 0 unspecified atom stereocenters. The van der Waals surface area contributed by atoms with Gasteiger partial charge in [0.1, 0.15) is 0 Å². The van der Waals surface area contributed by atoms with Gasteiger partial charge in [0.05, 0.1) is 8.80 Å². The first-order valence-corrected chi connectivity index (χ1v) is 7.16. The van der Waals surface area contributed by atoms with E-state index in [1.807, 2.05) is 0 Å². The van der Waals surface area contributed by atoms with Crippen LogP contribution in [0.3, 0.4) is 0 Å². The molecule has 4 heteroatoms. The Balaban J connectivity index is 3.39. The Morgan fingerprint density at radius 3 is 2.42 bits per heavy atom. The summed E-state index contributed by atoms with van der Waals surface area (Å²) in [5.74, 6) is 0.954. The molecule has 0 aliphatic rings. The van der Waals surface area contributed by atoms with Crippen molar-refractivity contribution in [2.45, 2.75) is 18.5 Å². The Labute approximate surface area is 83.0 Å². The molecule has 0 rings (SSSR count). The van der Waals surface area contributed by atoms with Crippen molar-refractivity contribution in [1.82, 2.24) is 4.90 Å². The van der Waals surface area contributed by atoms with Gasteiger partial charge in [0, 0.05) is 6.23 Å². The molecule has 0 bridgehead atoms. The van der Waals surface area contributed by atoms with Crippen LogP contribution in [0.15, 0.2) is 0 Å². The molecule has 1 radical (unpaired) electrons. The molecule has 0 aromatic heterocycles. The molecule has 0 aliphatic heterocycles. The highest BCUT2D eigenvalue weighted by molar-refractivity contribution is 7.80. The second-order valence-corrected chi connectivity index (χ2v) is 6.55. The zero-order valence-corrected chi connectivity index (χ0v) is 9.98. The van der Waals surface area contributed by atoms with Crippen molar-refractivity contribution in [3.05, 3.63) is 0 Å². The summed E-state index contributed by atoms with van der Waals surface area (Å²) in [5.41, 5.74) is 0. The molecule has 0 saturated carbocycles. The van der Waals surface area contributed by atoms with Gasteiger partial charge in [0.25, 0.3) is 0 Å². The Hall–Kier alpha value is 0.487. The topological polar surface area (TPSA) is 23.5 Å². The minimum atomic E-state index is -0.477. The van der Waals surface area contributed by atoms with Crippen molar-refractivity contribution < 1.29 is 5.11 Å². The van der Waals surface area contributed by atoms with Crippen molar-refractivity contribution in [2.75, 3.05) is 32.6 Å². The molecule has 0 heterocycles. The van der Waals surface area contributed by atoms with Gasteiger partial charge in [0.15, 0.2) is 0 Å². The SMILES string of the molecule is CN(C)CC[Si](CO)CCCS. The predicted octanol–water partition coefficient (Wildman–Crippen LogP) is 0.894. The second-order valence-electron chi connectivity index (χ2n) is 3.29. The first-order valence-electron chi connectivity index (χ1n) is 4.40. The molecule has 1 N–H and O–H groups in total. The minimum absolute atomic E-state index is 0.423. The first-order chi connectivity index (χ1) is 5.70. The summed E-state index contributed by atoms with van der Waals surface area (Å²) >= 11 is 4.17. The van der Waals surface area contributed by atoms with Gasteiger partial charge in [-0.05, 0) is 38.9 Å². The summed E-state index contributed by atoms with van der Waals surface area (Å²) in [5, 5.41) is 9.07. The van der Waals surface area contributed by atoms with Gasteiger partial charge in [-0.15, -0.1) is 0 Å². The number of hydrogen-bond acceptors (Lipinski definition) is 3. The van der Waals surface area contributed by atoms with Crippen molar-refractivity contribution in [3.8, 4) is 0 Å². The van der Waals surface area contributed by atoms with Crippen molar-refractivity contribution >= 4 is 21.4 Å². The third-order valence-electron chi connectivity index (χ3n) is 1.82. The average molecular weight is 206 g/mol. The molecule has 73 valence electrons. The fourth-order valence-corrected chi connectivity index (χ4v) is 3.46. The van der Waals surface area contributed by atoms with Gasteiger partial charge in [0.2, 0.25) is 0 Å². The van der Waals surface area contributed by atoms with Crippen LogP contribution >= 0.6 is 12.6 Å². The molecule has 0 fully saturated rings. The number of aliphatic hydroxyl groups is 1. The molecular formula is C8H20NOSSi. The lowest BCUT2D eigenvalue weighted by molar-refractivity contribution is 0.357.